The highest BCUT2D eigenvalue weighted by molar-refractivity contribution is 9.10. The molecule has 1 aliphatic rings. The summed E-state index contributed by atoms with van der Waals surface area (Å²) in [5.41, 5.74) is 7.60. The van der Waals surface area contributed by atoms with E-state index in [4.69, 9.17) is 0 Å². The molecule has 124 valence electrons. The predicted octanol–water partition coefficient (Wildman–Crippen LogP) is 6.81. The molecular weight excluding hydrogens is 380 g/mol. The second kappa shape index (κ2) is 5.96. The molecule has 4 aromatic carbocycles. The standard InChI is InChI=1S/C25H17Br/c26-24-17-9-8-16-23(24)25(18-10-2-1-3-11-18)21-14-6-4-12-19(21)20-13-5-7-15-22(20)25/h1-17H. The van der Waals surface area contributed by atoms with E-state index < -0.39 is 0 Å². The van der Waals surface area contributed by atoms with Crippen molar-refractivity contribution in [3.63, 3.8) is 0 Å². The van der Waals surface area contributed by atoms with Crippen molar-refractivity contribution in [2.75, 3.05) is 0 Å². The normalized spacial score (nSPS) is 13.9. The van der Waals surface area contributed by atoms with Crippen molar-refractivity contribution >= 4 is 15.9 Å². The summed E-state index contributed by atoms with van der Waals surface area (Å²) < 4.78 is 1.13. The molecule has 5 rings (SSSR count). The van der Waals surface area contributed by atoms with Crippen LogP contribution in [0.15, 0.2) is 108 Å². The summed E-state index contributed by atoms with van der Waals surface area (Å²) in [5, 5.41) is 0. The Morgan fingerprint density at radius 1 is 0.462 bits per heavy atom. The smallest absolute Gasteiger partial charge is 0.0622 e. The Hall–Kier alpha value is -2.64. The summed E-state index contributed by atoms with van der Waals surface area (Å²) in [5.74, 6) is 0. The van der Waals surface area contributed by atoms with Crippen LogP contribution in [0.4, 0.5) is 0 Å². The second-order valence-corrected chi connectivity index (χ2v) is 7.54. The van der Waals surface area contributed by atoms with E-state index in [9.17, 15) is 0 Å². The SMILES string of the molecule is Brc1ccccc1C1(c2ccccc2)c2ccccc2-c2ccccc21. The summed E-state index contributed by atoms with van der Waals surface area (Å²) >= 11 is 3.84. The average Bonchev–Trinajstić information content (AvgIpc) is 3.01. The summed E-state index contributed by atoms with van der Waals surface area (Å²) in [4.78, 5) is 0. The zero-order valence-electron chi connectivity index (χ0n) is 14.2. The van der Waals surface area contributed by atoms with Crippen molar-refractivity contribution in [2.24, 2.45) is 0 Å². The second-order valence-electron chi connectivity index (χ2n) is 6.69. The Kier molecular flexibility index (Phi) is 3.58. The van der Waals surface area contributed by atoms with E-state index in [1.165, 1.54) is 33.4 Å². The van der Waals surface area contributed by atoms with Gasteiger partial charge < -0.3 is 0 Å². The van der Waals surface area contributed by atoms with Gasteiger partial charge in [-0.1, -0.05) is 113 Å². The molecule has 0 heterocycles. The van der Waals surface area contributed by atoms with Gasteiger partial charge in [0.05, 0.1) is 5.41 Å². The topological polar surface area (TPSA) is 0 Å². The highest BCUT2D eigenvalue weighted by Gasteiger charge is 2.46. The van der Waals surface area contributed by atoms with Gasteiger partial charge >= 0.3 is 0 Å². The zero-order chi connectivity index (χ0) is 17.6. The van der Waals surface area contributed by atoms with Gasteiger partial charge in [-0.15, -0.1) is 0 Å². The maximum atomic E-state index is 3.84. The monoisotopic (exact) mass is 396 g/mol. The van der Waals surface area contributed by atoms with E-state index in [0.717, 1.165) is 4.47 Å². The third kappa shape index (κ3) is 2.01. The van der Waals surface area contributed by atoms with E-state index in [1.807, 2.05) is 0 Å². The first-order chi connectivity index (χ1) is 12.8. The predicted molar refractivity (Wildman–Crippen MR) is 111 cm³/mol. The van der Waals surface area contributed by atoms with E-state index >= 15 is 0 Å². The van der Waals surface area contributed by atoms with Crippen molar-refractivity contribution in [3.05, 3.63) is 130 Å². The first kappa shape index (κ1) is 15.6. The van der Waals surface area contributed by atoms with E-state index in [-0.39, 0.29) is 5.41 Å². The maximum Gasteiger partial charge on any atom is 0.0724 e. The molecule has 0 aliphatic heterocycles. The Balaban J connectivity index is 2.00. The molecule has 0 atom stereocenters. The Bertz CT molecular complexity index is 1050. The molecule has 1 aliphatic carbocycles. The average molecular weight is 397 g/mol. The lowest BCUT2D eigenvalue weighted by molar-refractivity contribution is 0.764. The largest absolute Gasteiger partial charge is 0.0724 e. The van der Waals surface area contributed by atoms with Crippen LogP contribution < -0.4 is 0 Å². The van der Waals surface area contributed by atoms with Crippen LogP contribution in [0.25, 0.3) is 11.1 Å². The van der Waals surface area contributed by atoms with Gasteiger partial charge in [0.15, 0.2) is 0 Å². The van der Waals surface area contributed by atoms with Gasteiger partial charge in [0, 0.05) is 4.47 Å². The Morgan fingerprint density at radius 3 is 1.50 bits per heavy atom. The van der Waals surface area contributed by atoms with Gasteiger partial charge in [-0.2, -0.15) is 0 Å². The molecule has 26 heavy (non-hydrogen) atoms. The summed E-state index contributed by atoms with van der Waals surface area (Å²) in [6.07, 6.45) is 0. The van der Waals surface area contributed by atoms with E-state index in [2.05, 4.69) is 119 Å². The van der Waals surface area contributed by atoms with E-state index in [0.29, 0.717) is 0 Å². The molecular formula is C25H17Br. The van der Waals surface area contributed by atoms with Gasteiger partial charge in [0.1, 0.15) is 0 Å². The van der Waals surface area contributed by atoms with Crippen molar-refractivity contribution in [1.29, 1.82) is 0 Å². The maximum absolute atomic E-state index is 3.84. The Labute approximate surface area is 162 Å². The van der Waals surface area contributed by atoms with Gasteiger partial charge in [-0.3, -0.25) is 0 Å². The molecule has 0 nitrogen and oxygen atoms in total. The molecule has 0 fully saturated rings. The third-order valence-corrected chi connectivity index (χ3v) is 6.13. The third-order valence-electron chi connectivity index (χ3n) is 5.44. The van der Waals surface area contributed by atoms with Crippen LogP contribution in [-0.4, -0.2) is 0 Å². The fourth-order valence-corrected chi connectivity index (χ4v) is 5.03. The van der Waals surface area contributed by atoms with Gasteiger partial charge in [-0.25, -0.2) is 0 Å². The van der Waals surface area contributed by atoms with Crippen molar-refractivity contribution < 1.29 is 0 Å². The van der Waals surface area contributed by atoms with Crippen LogP contribution in [-0.2, 0) is 5.41 Å². The molecule has 0 saturated carbocycles. The molecule has 0 aromatic heterocycles. The molecule has 0 spiro atoms. The quantitative estimate of drug-likeness (QED) is 0.307. The lowest BCUT2D eigenvalue weighted by Crippen LogP contribution is -2.29. The first-order valence-electron chi connectivity index (χ1n) is 8.83. The lowest BCUT2D eigenvalue weighted by atomic mass is 9.68. The summed E-state index contributed by atoms with van der Waals surface area (Å²) in [6, 6.07) is 37.1. The summed E-state index contributed by atoms with van der Waals surface area (Å²) in [6.45, 7) is 0. The highest BCUT2D eigenvalue weighted by atomic mass is 79.9. The fourth-order valence-electron chi connectivity index (χ4n) is 4.45. The number of fused-ring (bicyclic) bond motifs is 3. The first-order valence-corrected chi connectivity index (χ1v) is 9.62. The molecule has 0 unspecified atom stereocenters. The molecule has 0 amide bonds. The number of benzene rings is 4. The minimum atomic E-state index is -0.311. The zero-order valence-corrected chi connectivity index (χ0v) is 15.8. The number of halogens is 1. The molecule has 0 bridgehead atoms. The molecule has 4 aromatic rings. The molecule has 0 N–H and O–H groups in total. The number of rotatable bonds is 2. The van der Waals surface area contributed by atoms with Crippen LogP contribution in [0.3, 0.4) is 0 Å². The van der Waals surface area contributed by atoms with Crippen LogP contribution in [0.1, 0.15) is 22.3 Å². The molecule has 1 heteroatoms. The van der Waals surface area contributed by atoms with Crippen molar-refractivity contribution in [1.82, 2.24) is 0 Å². The Morgan fingerprint density at radius 2 is 0.923 bits per heavy atom. The van der Waals surface area contributed by atoms with Crippen molar-refractivity contribution in [3.8, 4) is 11.1 Å². The van der Waals surface area contributed by atoms with Gasteiger partial charge in [0.25, 0.3) is 0 Å². The number of hydrogen-bond acceptors (Lipinski definition) is 0. The minimum absolute atomic E-state index is 0.311. The van der Waals surface area contributed by atoms with Crippen molar-refractivity contribution in [2.45, 2.75) is 5.41 Å². The molecule has 0 radical (unpaired) electrons. The number of hydrogen-bond donors (Lipinski definition) is 0. The minimum Gasteiger partial charge on any atom is -0.0622 e. The van der Waals surface area contributed by atoms with Crippen LogP contribution >= 0.6 is 15.9 Å². The fraction of sp³-hybridized carbons (Fsp3) is 0.0400. The van der Waals surface area contributed by atoms with Crippen LogP contribution in [0.2, 0.25) is 0 Å². The summed E-state index contributed by atoms with van der Waals surface area (Å²) in [7, 11) is 0. The van der Waals surface area contributed by atoms with Crippen LogP contribution in [0, 0.1) is 0 Å². The van der Waals surface area contributed by atoms with Gasteiger partial charge in [-0.05, 0) is 39.4 Å². The molecule has 0 saturated heterocycles. The lowest BCUT2D eigenvalue weighted by Gasteiger charge is -2.34. The van der Waals surface area contributed by atoms with Crippen LogP contribution in [0.5, 0.6) is 0 Å². The van der Waals surface area contributed by atoms with E-state index in [1.54, 1.807) is 0 Å². The van der Waals surface area contributed by atoms with Gasteiger partial charge in [0.2, 0.25) is 0 Å². The highest BCUT2D eigenvalue weighted by Crippen LogP contribution is 2.56.